The molecule has 0 radical (unpaired) electrons. The van der Waals surface area contributed by atoms with Crippen LogP contribution >= 0.6 is 11.8 Å². The molecule has 2 N–H and O–H groups in total. The number of rotatable bonds is 3. The summed E-state index contributed by atoms with van der Waals surface area (Å²) in [6.45, 7) is 2.39. The van der Waals surface area contributed by atoms with Gasteiger partial charge in [-0.05, 0) is 37.3 Å². The second kappa shape index (κ2) is 8.02. The molecule has 2 heterocycles. The molecule has 1 atom stereocenters. The molecule has 0 spiro atoms. The van der Waals surface area contributed by atoms with Gasteiger partial charge in [0.1, 0.15) is 0 Å². The predicted molar refractivity (Wildman–Crippen MR) is 112 cm³/mol. The lowest BCUT2D eigenvalue weighted by Crippen LogP contribution is -2.31. The fourth-order valence-electron chi connectivity index (χ4n) is 3.35. The van der Waals surface area contributed by atoms with Crippen molar-refractivity contribution in [2.24, 2.45) is 5.92 Å². The van der Waals surface area contributed by atoms with Crippen LogP contribution in [-0.4, -0.2) is 30.8 Å². The van der Waals surface area contributed by atoms with Gasteiger partial charge in [-0.2, -0.15) is 0 Å². The summed E-state index contributed by atoms with van der Waals surface area (Å²) in [5, 5.41) is 5.57. The van der Waals surface area contributed by atoms with Crippen LogP contribution in [0.2, 0.25) is 0 Å². The van der Waals surface area contributed by atoms with Crippen molar-refractivity contribution in [3.8, 4) is 11.8 Å². The highest BCUT2D eigenvalue weighted by Crippen LogP contribution is 2.42. The second-order valence-electron chi connectivity index (χ2n) is 6.79. The Morgan fingerprint density at radius 3 is 2.83 bits per heavy atom. The zero-order chi connectivity index (χ0) is 20.4. The first kappa shape index (κ1) is 19.1. The van der Waals surface area contributed by atoms with Crippen molar-refractivity contribution < 1.29 is 14.4 Å². The van der Waals surface area contributed by atoms with Crippen LogP contribution in [-0.2, 0) is 9.59 Å². The summed E-state index contributed by atoms with van der Waals surface area (Å²) in [6.07, 6.45) is 0.205. The number of anilines is 2. The molecule has 2 aliphatic rings. The molecule has 1 saturated heterocycles. The van der Waals surface area contributed by atoms with Gasteiger partial charge in [0.25, 0.3) is 5.91 Å². The molecule has 3 amide bonds. The van der Waals surface area contributed by atoms with Crippen LogP contribution < -0.4 is 15.5 Å². The van der Waals surface area contributed by atoms with Crippen molar-refractivity contribution in [1.29, 1.82) is 0 Å². The maximum absolute atomic E-state index is 13.1. The van der Waals surface area contributed by atoms with E-state index in [4.69, 9.17) is 0 Å². The summed E-state index contributed by atoms with van der Waals surface area (Å²) >= 11 is 1.49. The Bertz CT molecular complexity index is 1070. The smallest absolute Gasteiger partial charge is 0.260 e. The first-order valence-electron chi connectivity index (χ1n) is 9.27. The van der Waals surface area contributed by atoms with Crippen molar-refractivity contribution in [2.45, 2.75) is 23.1 Å². The van der Waals surface area contributed by atoms with E-state index < -0.39 is 0 Å². The Morgan fingerprint density at radius 1 is 1.24 bits per heavy atom. The summed E-state index contributed by atoms with van der Waals surface area (Å²) in [5.74, 6) is 5.06. The molecule has 4 rings (SSSR count). The fourth-order valence-corrected chi connectivity index (χ4v) is 4.47. The van der Waals surface area contributed by atoms with Crippen LogP contribution in [0.1, 0.15) is 23.7 Å². The van der Waals surface area contributed by atoms with E-state index in [-0.39, 0.29) is 30.1 Å². The van der Waals surface area contributed by atoms with Crippen molar-refractivity contribution in [2.75, 3.05) is 23.3 Å². The summed E-state index contributed by atoms with van der Waals surface area (Å²) in [5.41, 5.74) is 2.02. The second-order valence-corrected chi connectivity index (χ2v) is 7.88. The number of benzene rings is 2. The van der Waals surface area contributed by atoms with E-state index >= 15 is 0 Å². The van der Waals surface area contributed by atoms with Gasteiger partial charge in [0, 0.05) is 28.4 Å². The molecule has 1 unspecified atom stereocenters. The van der Waals surface area contributed by atoms with Crippen molar-refractivity contribution in [3.05, 3.63) is 48.0 Å². The molecule has 2 aliphatic heterocycles. The lowest BCUT2D eigenvalue weighted by molar-refractivity contribution is -0.123. The SMILES string of the molecule is CC#CCN1C(=O)c2ccccc2Sc2cc(NC(=O)C3CNC(=O)C3)ccc21. The van der Waals surface area contributed by atoms with Gasteiger partial charge < -0.3 is 10.6 Å². The van der Waals surface area contributed by atoms with Gasteiger partial charge in [0.05, 0.1) is 23.7 Å². The Labute approximate surface area is 173 Å². The van der Waals surface area contributed by atoms with Crippen LogP contribution in [0, 0.1) is 17.8 Å². The normalized spacial score (nSPS) is 17.4. The predicted octanol–water partition coefficient (Wildman–Crippen LogP) is 2.90. The van der Waals surface area contributed by atoms with E-state index in [1.165, 1.54) is 11.8 Å². The minimum Gasteiger partial charge on any atom is -0.355 e. The van der Waals surface area contributed by atoms with Crippen molar-refractivity contribution in [1.82, 2.24) is 5.32 Å². The largest absolute Gasteiger partial charge is 0.355 e. The molecule has 6 nitrogen and oxygen atoms in total. The highest BCUT2D eigenvalue weighted by Gasteiger charge is 2.29. The lowest BCUT2D eigenvalue weighted by atomic mass is 10.1. The third-order valence-electron chi connectivity index (χ3n) is 4.86. The van der Waals surface area contributed by atoms with Crippen LogP contribution in [0.3, 0.4) is 0 Å². The van der Waals surface area contributed by atoms with Crippen molar-refractivity contribution >= 4 is 40.9 Å². The summed E-state index contributed by atoms with van der Waals surface area (Å²) < 4.78 is 0. The third kappa shape index (κ3) is 3.84. The van der Waals surface area contributed by atoms with Crippen LogP contribution in [0.4, 0.5) is 11.4 Å². The number of amides is 3. The molecular formula is C22H19N3O3S. The van der Waals surface area contributed by atoms with Crippen molar-refractivity contribution in [3.63, 3.8) is 0 Å². The Kier molecular flexibility index (Phi) is 5.28. The topological polar surface area (TPSA) is 78.5 Å². The number of fused-ring (bicyclic) bond motifs is 2. The van der Waals surface area contributed by atoms with Gasteiger partial charge in [-0.25, -0.2) is 0 Å². The zero-order valence-corrected chi connectivity index (χ0v) is 16.6. The molecule has 29 heavy (non-hydrogen) atoms. The van der Waals surface area contributed by atoms with Gasteiger partial charge in [-0.3, -0.25) is 19.3 Å². The molecule has 7 heteroatoms. The number of nitrogens with one attached hydrogen (secondary N) is 2. The van der Waals surface area contributed by atoms with Gasteiger partial charge in [0.2, 0.25) is 11.8 Å². The average Bonchev–Trinajstić information content (AvgIpc) is 3.11. The van der Waals surface area contributed by atoms with E-state index in [1.54, 1.807) is 17.9 Å². The van der Waals surface area contributed by atoms with E-state index in [0.717, 1.165) is 15.5 Å². The molecule has 1 fully saturated rings. The molecule has 0 aromatic heterocycles. The first-order chi connectivity index (χ1) is 14.1. The van der Waals surface area contributed by atoms with E-state index in [2.05, 4.69) is 22.5 Å². The van der Waals surface area contributed by atoms with Crippen LogP contribution in [0.5, 0.6) is 0 Å². The molecule has 2 aromatic rings. The maximum Gasteiger partial charge on any atom is 0.260 e. The number of carbonyl (C=O) groups excluding carboxylic acids is 3. The Hall–Kier alpha value is -3.24. The van der Waals surface area contributed by atoms with Gasteiger partial charge in [-0.1, -0.05) is 29.8 Å². The van der Waals surface area contributed by atoms with Crippen LogP contribution in [0.15, 0.2) is 52.3 Å². The number of carbonyl (C=O) groups is 3. The lowest BCUT2D eigenvalue weighted by Gasteiger charge is -2.21. The summed E-state index contributed by atoms with van der Waals surface area (Å²) in [4.78, 5) is 40.3. The molecule has 0 bridgehead atoms. The summed E-state index contributed by atoms with van der Waals surface area (Å²) in [7, 11) is 0. The van der Waals surface area contributed by atoms with Gasteiger partial charge >= 0.3 is 0 Å². The monoisotopic (exact) mass is 405 g/mol. The first-order valence-corrected chi connectivity index (χ1v) is 10.1. The quantitative estimate of drug-likeness (QED) is 0.770. The molecular weight excluding hydrogens is 386 g/mol. The van der Waals surface area contributed by atoms with E-state index in [9.17, 15) is 14.4 Å². The molecule has 0 aliphatic carbocycles. The van der Waals surface area contributed by atoms with Gasteiger partial charge in [-0.15, -0.1) is 5.92 Å². The van der Waals surface area contributed by atoms with E-state index in [1.807, 2.05) is 36.4 Å². The number of hydrogen-bond acceptors (Lipinski definition) is 4. The molecule has 2 aromatic carbocycles. The maximum atomic E-state index is 13.1. The highest BCUT2D eigenvalue weighted by atomic mass is 32.2. The molecule has 146 valence electrons. The summed E-state index contributed by atoms with van der Waals surface area (Å²) in [6, 6.07) is 12.9. The number of hydrogen-bond donors (Lipinski definition) is 2. The Morgan fingerprint density at radius 2 is 2.07 bits per heavy atom. The third-order valence-corrected chi connectivity index (χ3v) is 5.99. The molecule has 0 saturated carbocycles. The highest BCUT2D eigenvalue weighted by molar-refractivity contribution is 7.99. The average molecular weight is 405 g/mol. The standard InChI is InChI=1S/C22H19N3O3S/c1-2-3-10-25-17-9-8-15(24-21(27)14-11-20(26)23-13-14)12-19(17)29-18-7-5-4-6-16(18)22(25)28/h4-9,12,14H,10-11,13H2,1H3,(H,23,26)(H,24,27). The zero-order valence-electron chi connectivity index (χ0n) is 15.8. The van der Waals surface area contributed by atoms with Crippen LogP contribution in [0.25, 0.3) is 0 Å². The fraction of sp³-hybridized carbons (Fsp3) is 0.227. The minimum atomic E-state index is -0.368. The van der Waals surface area contributed by atoms with E-state index in [0.29, 0.717) is 24.3 Å². The minimum absolute atomic E-state index is 0.0954. The number of nitrogens with zero attached hydrogens (tertiary/aromatic N) is 1. The van der Waals surface area contributed by atoms with Gasteiger partial charge in [0.15, 0.2) is 0 Å². The Balaban J connectivity index is 1.67.